The lowest BCUT2D eigenvalue weighted by Gasteiger charge is -2.32. The Morgan fingerprint density at radius 3 is 2.79 bits per heavy atom. The van der Waals surface area contributed by atoms with E-state index in [1.54, 1.807) is 6.20 Å². The first-order valence-electron chi connectivity index (χ1n) is 6.96. The van der Waals surface area contributed by atoms with Gasteiger partial charge in [0.1, 0.15) is 6.61 Å². The highest BCUT2D eigenvalue weighted by molar-refractivity contribution is 5.77. The third-order valence-corrected chi connectivity index (χ3v) is 3.70. The lowest BCUT2D eigenvalue weighted by atomic mass is 10.1. The first-order chi connectivity index (χ1) is 9.20. The second-order valence-corrected chi connectivity index (χ2v) is 5.02. The summed E-state index contributed by atoms with van der Waals surface area (Å²) in [5.74, 6) is 0.0948. The lowest BCUT2D eigenvalue weighted by molar-refractivity contribution is -0.139. The fraction of sp³-hybridized carbons (Fsp3) is 0.769. The van der Waals surface area contributed by atoms with E-state index < -0.39 is 0 Å². The van der Waals surface area contributed by atoms with E-state index in [4.69, 9.17) is 4.74 Å². The Bertz CT molecular complexity index is 385. The zero-order valence-corrected chi connectivity index (χ0v) is 11.7. The van der Waals surface area contributed by atoms with E-state index in [2.05, 4.69) is 17.2 Å². The van der Waals surface area contributed by atoms with Gasteiger partial charge in [-0.05, 0) is 26.2 Å². The molecule has 1 amide bonds. The Hall–Kier alpha value is -1.43. The molecule has 1 aliphatic rings. The fourth-order valence-corrected chi connectivity index (χ4v) is 2.21. The van der Waals surface area contributed by atoms with Crippen LogP contribution in [0.15, 0.2) is 12.4 Å². The largest absolute Gasteiger partial charge is 0.369 e. The third-order valence-electron chi connectivity index (χ3n) is 3.70. The van der Waals surface area contributed by atoms with E-state index in [1.807, 2.05) is 22.7 Å². The Labute approximate surface area is 113 Å². The van der Waals surface area contributed by atoms with Gasteiger partial charge in [0.25, 0.3) is 0 Å². The van der Waals surface area contributed by atoms with Crippen LogP contribution in [0, 0.1) is 0 Å². The Morgan fingerprint density at radius 2 is 2.21 bits per heavy atom. The van der Waals surface area contributed by atoms with Gasteiger partial charge in [-0.2, -0.15) is 0 Å². The average Bonchev–Trinajstić information content (AvgIpc) is 2.98. The average molecular weight is 266 g/mol. The normalized spacial score (nSPS) is 18.5. The number of piperidine rings is 1. The smallest absolute Gasteiger partial charge is 0.248 e. The highest BCUT2D eigenvalue weighted by Crippen LogP contribution is 2.21. The summed E-state index contributed by atoms with van der Waals surface area (Å²) in [6, 6.07) is 0.363. The summed E-state index contributed by atoms with van der Waals surface area (Å²) in [5.41, 5.74) is 0. The van der Waals surface area contributed by atoms with Gasteiger partial charge in [0.05, 0.1) is 18.3 Å². The summed E-state index contributed by atoms with van der Waals surface area (Å²) < 4.78 is 7.37. The third kappa shape index (κ3) is 3.76. The second kappa shape index (κ2) is 6.65. The van der Waals surface area contributed by atoms with E-state index >= 15 is 0 Å². The molecule has 19 heavy (non-hydrogen) atoms. The molecule has 0 saturated carbocycles. The number of amides is 1. The zero-order valence-electron chi connectivity index (χ0n) is 11.7. The molecule has 1 fully saturated rings. The van der Waals surface area contributed by atoms with Crippen molar-refractivity contribution in [2.45, 2.75) is 45.3 Å². The maximum absolute atomic E-state index is 12.0. The van der Waals surface area contributed by atoms with Gasteiger partial charge >= 0.3 is 0 Å². The molecule has 1 aromatic heterocycles. The van der Waals surface area contributed by atoms with Crippen LogP contribution in [0.2, 0.25) is 0 Å². The van der Waals surface area contributed by atoms with Crippen molar-refractivity contribution in [1.82, 2.24) is 19.9 Å². The van der Waals surface area contributed by atoms with Crippen LogP contribution in [0.25, 0.3) is 0 Å². The number of likely N-dealkylation sites (tertiary alicyclic amines) is 1. The van der Waals surface area contributed by atoms with Crippen LogP contribution in [0.1, 0.15) is 39.2 Å². The number of nitrogens with zero attached hydrogens (tertiary/aromatic N) is 4. The van der Waals surface area contributed by atoms with Crippen LogP contribution in [-0.2, 0) is 9.53 Å². The summed E-state index contributed by atoms with van der Waals surface area (Å²) in [5, 5.41) is 7.84. The van der Waals surface area contributed by atoms with Crippen molar-refractivity contribution in [2.24, 2.45) is 0 Å². The van der Waals surface area contributed by atoms with Gasteiger partial charge < -0.3 is 9.64 Å². The van der Waals surface area contributed by atoms with E-state index in [0.717, 1.165) is 32.4 Å². The van der Waals surface area contributed by atoms with Crippen molar-refractivity contribution >= 4 is 5.91 Å². The van der Waals surface area contributed by atoms with Gasteiger partial charge in [0.2, 0.25) is 5.91 Å². The van der Waals surface area contributed by atoms with Crippen molar-refractivity contribution in [1.29, 1.82) is 0 Å². The Kier molecular flexibility index (Phi) is 4.90. The van der Waals surface area contributed by atoms with Crippen LogP contribution in [0.5, 0.6) is 0 Å². The van der Waals surface area contributed by atoms with Crippen LogP contribution in [0.3, 0.4) is 0 Å². The minimum atomic E-state index is 0.0948. The quantitative estimate of drug-likeness (QED) is 0.805. The van der Waals surface area contributed by atoms with E-state index in [1.165, 1.54) is 0 Å². The molecule has 1 unspecified atom stereocenters. The molecule has 0 aliphatic carbocycles. The molecule has 6 nitrogen and oxygen atoms in total. The molecule has 1 aromatic rings. The minimum Gasteiger partial charge on any atom is -0.369 e. The predicted octanol–water partition coefficient (Wildman–Crippen LogP) is 1.26. The SMILES string of the molecule is CCC(C)OCC(=O)N1CCC(n2ccnn2)CC1. The van der Waals surface area contributed by atoms with Gasteiger partial charge in [-0.1, -0.05) is 12.1 Å². The summed E-state index contributed by atoms with van der Waals surface area (Å²) in [4.78, 5) is 13.9. The number of rotatable bonds is 5. The van der Waals surface area contributed by atoms with E-state index in [-0.39, 0.29) is 18.6 Å². The van der Waals surface area contributed by atoms with Crippen molar-refractivity contribution < 1.29 is 9.53 Å². The molecule has 0 spiro atoms. The van der Waals surface area contributed by atoms with Gasteiger partial charge in [0, 0.05) is 19.3 Å². The first kappa shape index (κ1) is 14.0. The highest BCUT2D eigenvalue weighted by atomic mass is 16.5. The Morgan fingerprint density at radius 1 is 1.47 bits per heavy atom. The first-order valence-corrected chi connectivity index (χ1v) is 6.96. The molecule has 1 atom stereocenters. The number of carbonyl (C=O) groups is 1. The number of carbonyl (C=O) groups excluding carboxylic acids is 1. The second-order valence-electron chi connectivity index (χ2n) is 5.02. The number of hydrogen-bond acceptors (Lipinski definition) is 4. The van der Waals surface area contributed by atoms with Gasteiger partial charge in [-0.15, -0.1) is 5.10 Å². The molecule has 0 N–H and O–H groups in total. The van der Waals surface area contributed by atoms with E-state index in [0.29, 0.717) is 6.04 Å². The monoisotopic (exact) mass is 266 g/mol. The van der Waals surface area contributed by atoms with E-state index in [9.17, 15) is 4.79 Å². The number of aromatic nitrogens is 3. The maximum atomic E-state index is 12.0. The molecule has 106 valence electrons. The molecule has 1 saturated heterocycles. The Balaban J connectivity index is 1.75. The van der Waals surface area contributed by atoms with Crippen LogP contribution < -0.4 is 0 Å². The molecule has 1 aliphatic heterocycles. The molecular weight excluding hydrogens is 244 g/mol. The molecule has 0 radical (unpaired) electrons. The van der Waals surface area contributed by atoms with Crippen molar-refractivity contribution in [3.8, 4) is 0 Å². The number of ether oxygens (including phenoxy) is 1. The summed E-state index contributed by atoms with van der Waals surface area (Å²) in [7, 11) is 0. The highest BCUT2D eigenvalue weighted by Gasteiger charge is 2.24. The molecule has 0 bridgehead atoms. The van der Waals surface area contributed by atoms with Crippen molar-refractivity contribution in [3.05, 3.63) is 12.4 Å². The molecule has 6 heteroatoms. The molecule has 2 rings (SSSR count). The molecule has 2 heterocycles. The topological polar surface area (TPSA) is 60.2 Å². The zero-order chi connectivity index (χ0) is 13.7. The van der Waals surface area contributed by atoms with Gasteiger partial charge in [0.15, 0.2) is 0 Å². The van der Waals surface area contributed by atoms with Crippen LogP contribution in [0.4, 0.5) is 0 Å². The van der Waals surface area contributed by atoms with Gasteiger partial charge in [-0.3, -0.25) is 4.79 Å². The molecule has 0 aromatic carbocycles. The summed E-state index contributed by atoms with van der Waals surface area (Å²) in [6.45, 7) is 5.78. The summed E-state index contributed by atoms with van der Waals surface area (Å²) >= 11 is 0. The predicted molar refractivity (Wildman–Crippen MR) is 70.6 cm³/mol. The maximum Gasteiger partial charge on any atom is 0.248 e. The molecular formula is C13H22N4O2. The lowest BCUT2D eigenvalue weighted by Crippen LogP contribution is -2.41. The standard InChI is InChI=1S/C13H22N4O2/c1-3-11(2)19-10-13(18)16-7-4-12(5-8-16)17-9-6-14-15-17/h6,9,11-12H,3-5,7-8,10H2,1-2H3. The summed E-state index contributed by atoms with van der Waals surface area (Å²) in [6.07, 6.45) is 6.51. The van der Waals surface area contributed by atoms with Gasteiger partial charge in [-0.25, -0.2) is 4.68 Å². The van der Waals surface area contributed by atoms with Crippen molar-refractivity contribution in [3.63, 3.8) is 0 Å². The van der Waals surface area contributed by atoms with Crippen molar-refractivity contribution in [2.75, 3.05) is 19.7 Å². The van der Waals surface area contributed by atoms with Crippen LogP contribution in [-0.4, -0.2) is 51.6 Å². The number of hydrogen-bond donors (Lipinski definition) is 0. The minimum absolute atomic E-state index is 0.0948. The fourth-order valence-electron chi connectivity index (χ4n) is 2.21. The van der Waals surface area contributed by atoms with Crippen LogP contribution >= 0.6 is 0 Å².